The van der Waals surface area contributed by atoms with E-state index in [1.54, 1.807) is 20.8 Å². The molecule has 0 aromatic heterocycles. The van der Waals surface area contributed by atoms with E-state index in [0.29, 0.717) is 3.57 Å². The van der Waals surface area contributed by atoms with Gasteiger partial charge < -0.3 is 20.3 Å². The Balaban J connectivity index is 1.83. The predicted octanol–water partition coefficient (Wildman–Crippen LogP) is 5.08. The highest BCUT2D eigenvalue weighted by Gasteiger charge is 2.37. The van der Waals surface area contributed by atoms with Crippen LogP contribution in [0.15, 0.2) is 18.2 Å². The standard InChI is InChI=1S/C21H19F5IN3O3/c1-21(2,3)33-20(32)30-7-10(8-30)28-19(31)13-14(23)15(24)16(25)17(26)18(13)29-12-5-4-9(27)6-11(12)22/h4-6,10,29H,7-8H2,1-3H3,(H,28,31). The first-order valence-electron chi connectivity index (χ1n) is 9.65. The first-order chi connectivity index (χ1) is 15.3. The van der Waals surface area contributed by atoms with Gasteiger partial charge in [0.1, 0.15) is 17.0 Å². The smallest absolute Gasteiger partial charge is 0.410 e. The van der Waals surface area contributed by atoms with Crippen LogP contribution in [0.2, 0.25) is 0 Å². The van der Waals surface area contributed by atoms with Gasteiger partial charge in [0, 0.05) is 16.7 Å². The van der Waals surface area contributed by atoms with E-state index in [4.69, 9.17) is 4.74 Å². The van der Waals surface area contributed by atoms with Crippen LogP contribution < -0.4 is 10.6 Å². The summed E-state index contributed by atoms with van der Waals surface area (Å²) in [4.78, 5) is 25.9. The fourth-order valence-electron chi connectivity index (χ4n) is 2.99. The molecule has 0 saturated carbocycles. The van der Waals surface area contributed by atoms with Crippen molar-refractivity contribution < 1.29 is 36.3 Å². The maximum atomic E-state index is 14.5. The van der Waals surface area contributed by atoms with E-state index < -0.39 is 64.0 Å². The minimum absolute atomic E-state index is 0.00292. The molecule has 0 atom stereocenters. The van der Waals surface area contributed by atoms with Crippen LogP contribution in [0, 0.1) is 32.7 Å². The van der Waals surface area contributed by atoms with Crippen LogP contribution in [-0.4, -0.2) is 41.6 Å². The third-order valence-electron chi connectivity index (χ3n) is 4.55. The number of halogens is 6. The average molecular weight is 583 g/mol. The number of hydrogen-bond donors (Lipinski definition) is 2. The second-order valence-electron chi connectivity index (χ2n) is 8.31. The highest BCUT2D eigenvalue weighted by atomic mass is 127. The lowest BCUT2D eigenvalue weighted by atomic mass is 10.1. The molecular formula is C21H19F5IN3O3. The third kappa shape index (κ3) is 5.47. The lowest BCUT2D eigenvalue weighted by Crippen LogP contribution is -2.61. The molecule has 178 valence electrons. The molecule has 0 aliphatic carbocycles. The van der Waals surface area contributed by atoms with Gasteiger partial charge in [-0.2, -0.15) is 0 Å². The summed E-state index contributed by atoms with van der Waals surface area (Å²) >= 11 is 1.82. The Kier molecular flexibility index (Phi) is 7.05. The maximum absolute atomic E-state index is 14.5. The molecule has 2 aromatic rings. The maximum Gasteiger partial charge on any atom is 0.410 e. The first-order valence-corrected chi connectivity index (χ1v) is 10.7. The number of anilines is 2. The fraction of sp³-hybridized carbons (Fsp3) is 0.333. The Morgan fingerprint density at radius 3 is 2.21 bits per heavy atom. The summed E-state index contributed by atoms with van der Waals surface area (Å²) in [7, 11) is 0. The normalized spacial score (nSPS) is 14.0. The van der Waals surface area contributed by atoms with Crippen molar-refractivity contribution in [3.8, 4) is 0 Å². The second kappa shape index (κ2) is 9.31. The molecular weight excluding hydrogens is 564 g/mol. The zero-order valence-electron chi connectivity index (χ0n) is 17.7. The molecule has 0 radical (unpaired) electrons. The van der Waals surface area contributed by atoms with E-state index in [1.807, 2.05) is 22.6 Å². The number of hydrogen-bond acceptors (Lipinski definition) is 4. The molecule has 0 unspecified atom stereocenters. The van der Waals surface area contributed by atoms with E-state index in [-0.39, 0.29) is 18.8 Å². The topological polar surface area (TPSA) is 70.7 Å². The quantitative estimate of drug-likeness (QED) is 0.228. The van der Waals surface area contributed by atoms with Gasteiger partial charge in [0.25, 0.3) is 5.91 Å². The molecule has 0 bridgehead atoms. The zero-order chi connectivity index (χ0) is 24.7. The number of ether oxygens (including phenoxy) is 1. The van der Waals surface area contributed by atoms with Gasteiger partial charge in [-0.1, -0.05) is 0 Å². The molecule has 1 aliphatic rings. The highest BCUT2D eigenvalue weighted by molar-refractivity contribution is 14.1. The molecule has 1 saturated heterocycles. The molecule has 1 heterocycles. The van der Waals surface area contributed by atoms with Crippen LogP contribution in [0.5, 0.6) is 0 Å². The molecule has 33 heavy (non-hydrogen) atoms. The lowest BCUT2D eigenvalue weighted by molar-refractivity contribution is 0.00530. The van der Waals surface area contributed by atoms with Gasteiger partial charge in [0.05, 0.1) is 17.4 Å². The number of carbonyl (C=O) groups is 2. The second-order valence-corrected chi connectivity index (χ2v) is 9.56. The average Bonchev–Trinajstić information content (AvgIpc) is 2.67. The minimum Gasteiger partial charge on any atom is -0.444 e. The van der Waals surface area contributed by atoms with E-state index in [9.17, 15) is 31.5 Å². The van der Waals surface area contributed by atoms with Gasteiger partial charge in [0.15, 0.2) is 23.3 Å². The Bertz CT molecular complexity index is 1120. The van der Waals surface area contributed by atoms with Crippen molar-refractivity contribution in [2.24, 2.45) is 0 Å². The van der Waals surface area contributed by atoms with Crippen molar-refractivity contribution in [2.75, 3.05) is 18.4 Å². The molecule has 2 N–H and O–H groups in total. The Morgan fingerprint density at radius 1 is 1.03 bits per heavy atom. The fourth-order valence-corrected chi connectivity index (χ4v) is 3.44. The Labute approximate surface area is 199 Å². The number of carbonyl (C=O) groups excluding carboxylic acids is 2. The lowest BCUT2D eigenvalue weighted by Gasteiger charge is -2.40. The van der Waals surface area contributed by atoms with Crippen molar-refractivity contribution in [2.45, 2.75) is 32.4 Å². The van der Waals surface area contributed by atoms with E-state index in [1.165, 1.54) is 17.0 Å². The van der Waals surface area contributed by atoms with Crippen LogP contribution >= 0.6 is 22.6 Å². The number of likely N-dealkylation sites (tertiary alicyclic amines) is 1. The first kappa shape index (κ1) is 25.0. The molecule has 0 spiro atoms. The Morgan fingerprint density at radius 2 is 1.64 bits per heavy atom. The van der Waals surface area contributed by atoms with Gasteiger partial charge >= 0.3 is 6.09 Å². The van der Waals surface area contributed by atoms with Crippen LogP contribution in [0.1, 0.15) is 31.1 Å². The van der Waals surface area contributed by atoms with Crippen molar-refractivity contribution in [1.82, 2.24) is 10.2 Å². The molecule has 2 aromatic carbocycles. The zero-order valence-corrected chi connectivity index (χ0v) is 19.8. The summed E-state index contributed by atoms with van der Waals surface area (Å²) in [5, 5.41) is 4.47. The van der Waals surface area contributed by atoms with Gasteiger partial charge in [-0.3, -0.25) is 4.79 Å². The SMILES string of the molecule is CC(C)(C)OC(=O)N1CC(NC(=O)c2c(F)c(F)c(F)c(F)c2Nc2ccc(I)cc2F)C1. The van der Waals surface area contributed by atoms with Gasteiger partial charge in [0.2, 0.25) is 0 Å². The number of nitrogens with zero attached hydrogens (tertiary/aromatic N) is 1. The largest absolute Gasteiger partial charge is 0.444 e. The van der Waals surface area contributed by atoms with Gasteiger partial charge in [-0.25, -0.2) is 26.7 Å². The molecule has 6 nitrogen and oxygen atoms in total. The van der Waals surface area contributed by atoms with Crippen LogP contribution in [0.25, 0.3) is 0 Å². The van der Waals surface area contributed by atoms with E-state index in [2.05, 4.69) is 10.6 Å². The highest BCUT2D eigenvalue weighted by Crippen LogP contribution is 2.32. The van der Waals surface area contributed by atoms with Crippen molar-refractivity contribution >= 4 is 46.0 Å². The van der Waals surface area contributed by atoms with Crippen LogP contribution in [-0.2, 0) is 4.74 Å². The summed E-state index contributed by atoms with van der Waals surface area (Å²) in [5.74, 6) is -10.3. The predicted molar refractivity (Wildman–Crippen MR) is 118 cm³/mol. The Hall–Kier alpha value is -2.64. The van der Waals surface area contributed by atoms with E-state index in [0.717, 1.165) is 6.07 Å². The molecule has 1 aliphatic heterocycles. The van der Waals surface area contributed by atoms with E-state index >= 15 is 0 Å². The number of nitrogens with one attached hydrogen (secondary N) is 2. The summed E-state index contributed by atoms with van der Waals surface area (Å²) in [5.41, 5.74) is -3.34. The summed E-state index contributed by atoms with van der Waals surface area (Å²) < 4.78 is 76.6. The van der Waals surface area contributed by atoms with Crippen LogP contribution in [0.4, 0.5) is 38.1 Å². The number of amides is 2. The summed E-state index contributed by atoms with van der Waals surface area (Å²) in [6.07, 6.45) is -0.630. The number of benzene rings is 2. The summed E-state index contributed by atoms with van der Waals surface area (Å²) in [6.45, 7) is 5.03. The van der Waals surface area contributed by atoms with Crippen LogP contribution in [0.3, 0.4) is 0 Å². The third-order valence-corrected chi connectivity index (χ3v) is 5.22. The van der Waals surface area contributed by atoms with Gasteiger partial charge in [-0.05, 0) is 61.6 Å². The summed E-state index contributed by atoms with van der Waals surface area (Å²) in [6, 6.07) is 2.99. The number of rotatable bonds is 4. The molecule has 3 rings (SSSR count). The van der Waals surface area contributed by atoms with Crippen molar-refractivity contribution in [1.29, 1.82) is 0 Å². The molecule has 1 fully saturated rings. The van der Waals surface area contributed by atoms with Crippen molar-refractivity contribution in [3.05, 3.63) is 56.4 Å². The molecule has 2 amide bonds. The minimum atomic E-state index is -2.18. The van der Waals surface area contributed by atoms with Gasteiger partial charge in [-0.15, -0.1) is 0 Å². The van der Waals surface area contributed by atoms with Crippen molar-refractivity contribution in [3.63, 3.8) is 0 Å². The monoisotopic (exact) mass is 583 g/mol. The molecule has 12 heteroatoms.